The van der Waals surface area contributed by atoms with Gasteiger partial charge in [0.25, 0.3) is 11.7 Å². The van der Waals surface area contributed by atoms with Crippen molar-refractivity contribution in [2.45, 2.75) is 10.7 Å². The zero-order chi connectivity index (χ0) is 15.4. The molecule has 3 nitrogen and oxygen atoms in total. The topological polar surface area (TPSA) is 55.1 Å². The average molecular weight is 312 g/mol. The summed E-state index contributed by atoms with van der Waals surface area (Å²) in [5, 5.41) is 2.52. The summed E-state index contributed by atoms with van der Waals surface area (Å²) in [6.45, 7) is 0. The molecule has 0 aliphatic heterocycles. The van der Waals surface area contributed by atoms with Crippen LogP contribution in [0.25, 0.3) is 0 Å². The molecule has 0 unspecified atom stereocenters. The normalized spacial score (nSPS) is 10.7. The molecule has 0 spiro atoms. The third-order valence-electron chi connectivity index (χ3n) is 2.63. The Labute approximate surface area is 123 Å². The fraction of sp³-hybridized carbons (Fsp3) is 0.0714. The van der Waals surface area contributed by atoms with Crippen LogP contribution in [0, 0.1) is 5.82 Å². The van der Waals surface area contributed by atoms with E-state index < -0.39 is 17.5 Å². The van der Waals surface area contributed by atoms with Gasteiger partial charge < -0.3 is 11.1 Å². The second kappa shape index (κ2) is 6.53. The molecule has 0 saturated heterocycles. The van der Waals surface area contributed by atoms with Crippen LogP contribution in [0.5, 0.6) is 0 Å². The van der Waals surface area contributed by atoms with E-state index in [1.807, 2.05) is 0 Å². The third-order valence-corrected chi connectivity index (χ3v) is 3.36. The maximum atomic E-state index is 13.3. The monoisotopic (exact) mass is 312 g/mol. The average Bonchev–Trinajstić information content (AvgIpc) is 2.43. The second-order valence-electron chi connectivity index (χ2n) is 4.06. The van der Waals surface area contributed by atoms with Crippen molar-refractivity contribution in [2.75, 3.05) is 11.1 Å². The number of hydrogen-bond donors (Lipinski definition) is 2. The van der Waals surface area contributed by atoms with E-state index in [-0.39, 0.29) is 11.3 Å². The number of hydrogen-bond acceptors (Lipinski definition) is 3. The molecule has 0 heterocycles. The van der Waals surface area contributed by atoms with Crippen molar-refractivity contribution in [1.82, 2.24) is 0 Å². The van der Waals surface area contributed by atoms with Gasteiger partial charge in [0.15, 0.2) is 0 Å². The number of carbonyl (C=O) groups is 1. The molecular formula is C14H11F3N2OS. The number of carbonyl (C=O) groups excluding carboxylic acids is 1. The van der Waals surface area contributed by atoms with Gasteiger partial charge in [-0.3, -0.25) is 4.79 Å². The van der Waals surface area contributed by atoms with E-state index in [2.05, 4.69) is 5.32 Å². The molecule has 3 N–H and O–H groups in total. The number of halogens is 3. The Balaban J connectivity index is 2.11. The highest BCUT2D eigenvalue weighted by atomic mass is 32.2. The number of anilines is 2. The van der Waals surface area contributed by atoms with Crippen LogP contribution in [0.15, 0.2) is 47.4 Å². The predicted octanol–water partition coefficient (Wildman–Crippen LogP) is 3.97. The molecule has 2 aromatic carbocycles. The number of nitrogen functional groups attached to an aromatic ring is 1. The zero-order valence-corrected chi connectivity index (χ0v) is 11.5. The molecule has 0 bridgehead atoms. The highest BCUT2D eigenvalue weighted by Crippen LogP contribution is 2.26. The molecule has 0 fully saturated rings. The van der Waals surface area contributed by atoms with Crippen molar-refractivity contribution in [3.63, 3.8) is 0 Å². The third kappa shape index (κ3) is 3.91. The van der Waals surface area contributed by atoms with Gasteiger partial charge >= 0.3 is 0 Å². The Morgan fingerprint density at radius 1 is 1.14 bits per heavy atom. The largest absolute Gasteiger partial charge is 0.396 e. The van der Waals surface area contributed by atoms with Crippen molar-refractivity contribution in [3.05, 3.63) is 53.8 Å². The van der Waals surface area contributed by atoms with Gasteiger partial charge in [0.2, 0.25) is 0 Å². The Bertz CT molecular complexity index is 647. The van der Waals surface area contributed by atoms with Crippen LogP contribution in [-0.4, -0.2) is 11.7 Å². The van der Waals surface area contributed by atoms with Crippen LogP contribution in [-0.2, 0) is 0 Å². The van der Waals surface area contributed by atoms with Gasteiger partial charge in [0.1, 0.15) is 5.82 Å². The fourth-order valence-electron chi connectivity index (χ4n) is 1.65. The van der Waals surface area contributed by atoms with Crippen molar-refractivity contribution in [1.29, 1.82) is 0 Å². The summed E-state index contributed by atoms with van der Waals surface area (Å²) in [4.78, 5) is 12.3. The molecule has 21 heavy (non-hydrogen) atoms. The standard InChI is InChI=1S/C14H11F3N2OS/c15-11-3-1-2-10(12(11)18)13(20)19-8-4-6-9(7-5-8)21-14(16)17/h1-7,14H,18H2,(H,19,20). The SMILES string of the molecule is Nc1c(F)cccc1C(=O)Nc1ccc(SC(F)F)cc1. The predicted molar refractivity (Wildman–Crippen MR) is 77.1 cm³/mol. The number of alkyl halides is 2. The zero-order valence-electron chi connectivity index (χ0n) is 10.6. The second-order valence-corrected chi connectivity index (χ2v) is 5.12. The lowest BCUT2D eigenvalue weighted by molar-refractivity contribution is 0.102. The number of nitrogens with two attached hydrogens (primary N) is 1. The molecule has 0 atom stereocenters. The number of thioether (sulfide) groups is 1. The van der Waals surface area contributed by atoms with Crippen LogP contribution in [0.4, 0.5) is 24.5 Å². The summed E-state index contributed by atoms with van der Waals surface area (Å²) < 4.78 is 37.6. The summed E-state index contributed by atoms with van der Waals surface area (Å²) in [6.07, 6.45) is 0. The van der Waals surface area contributed by atoms with E-state index >= 15 is 0 Å². The molecule has 0 radical (unpaired) electrons. The molecule has 1 amide bonds. The summed E-state index contributed by atoms with van der Waals surface area (Å²) >= 11 is 0.411. The van der Waals surface area contributed by atoms with Gasteiger partial charge in [0, 0.05) is 10.6 Å². The van der Waals surface area contributed by atoms with Crippen molar-refractivity contribution in [3.8, 4) is 0 Å². The lowest BCUT2D eigenvalue weighted by atomic mass is 10.1. The van der Waals surface area contributed by atoms with Gasteiger partial charge in [-0.15, -0.1) is 0 Å². The maximum Gasteiger partial charge on any atom is 0.288 e. The molecular weight excluding hydrogens is 301 g/mol. The van der Waals surface area contributed by atoms with E-state index in [1.54, 1.807) is 0 Å². The number of benzene rings is 2. The smallest absolute Gasteiger partial charge is 0.288 e. The molecule has 110 valence electrons. The van der Waals surface area contributed by atoms with Gasteiger partial charge in [-0.25, -0.2) is 4.39 Å². The lowest BCUT2D eigenvalue weighted by Crippen LogP contribution is -2.14. The van der Waals surface area contributed by atoms with Crippen LogP contribution >= 0.6 is 11.8 Å². The number of amides is 1. The first-order valence-electron chi connectivity index (χ1n) is 5.87. The summed E-state index contributed by atoms with van der Waals surface area (Å²) in [5.41, 5.74) is 5.68. The molecule has 0 aliphatic carbocycles. The van der Waals surface area contributed by atoms with Crippen molar-refractivity contribution in [2.24, 2.45) is 0 Å². The summed E-state index contributed by atoms with van der Waals surface area (Å²) in [6, 6.07) is 9.82. The van der Waals surface area contributed by atoms with Gasteiger partial charge in [-0.05, 0) is 36.4 Å². The minimum absolute atomic E-state index is 0.0148. The van der Waals surface area contributed by atoms with E-state index in [9.17, 15) is 18.0 Å². The molecule has 0 saturated carbocycles. The van der Waals surface area contributed by atoms with Crippen LogP contribution in [0.3, 0.4) is 0 Å². The quantitative estimate of drug-likeness (QED) is 0.663. The molecule has 2 aromatic rings. The van der Waals surface area contributed by atoms with Crippen molar-refractivity contribution >= 4 is 29.0 Å². The summed E-state index contributed by atoms with van der Waals surface area (Å²) in [5.74, 6) is -3.75. The maximum absolute atomic E-state index is 13.3. The van der Waals surface area contributed by atoms with E-state index in [1.165, 1.54) is 36.4 Å². The number of nitrogens with one attached hydrogen (secondary N) is 1. The number of rotatable bonds is 4. The highest BCUT2D eigenvalue weighted by Gasteiger charge is 2.13. The van der Waals surface area contributed by atoms with Gasteiger partial charge in [-0.2, -0.15) is 8.78 Å². The minimum Gasteiger partial charge on any atom is -0.396 e. The van der Waals surface area contributed by atoms with Crippen LogP contribution in [0.2, 0.25) is 0 Å². The van der Waals surface area contributed by atoms with Crippen LogP contribution in [0.1, 0.15) is 10.4 Å². The first-order chi connectivity index (χ1) is 9.97. The van der Waals surface area contributed by atoms with E-state index in [0.29, 0.717) is 22.3 Å². The van der Waals surface area contributed by atoms with Crippen LogP contribution < -0.4 is 11.1 Å². The Morgan fingerprint density at radius 3 is 2.43 bits per heavy atom. The Morgan fingerprint density at radius 2 is 1.81 bits per heavy atom. The molecule has 2 rings (SSSR count). The van der Waals surface area contributed by atoms with Crippen molar-refractivity contribution < 1.29 is 18.0 Å². The fourth-order valence-corrected chi connectivity index (χ4v) is 2.15. The van der Waals surface area contributed by atoms with Gasteiger partial charge in [-0.1, -0.05) is 17.8 Å². The highest BCUT2D eigenvalue weighted by molar-refractivity contribution is 7.99. The first kappa shape index (κ1) is 15.2. The summed E-state index contributed by atoms with van der Waals surface area (Å²) in [7, 11) is 0. The Hall–Kier alpha value is -2.15. The van der Waals surface area contributed by atoms with E-state index in [0.717, 1.165) is 6.07 Å². The molecule has 7 heteroatoms. The lowest BCUT2D eigenvalue weighted by Gasteiger charge is -2.08. The number of para-hydroxylation sites is 1. The van der Waals surface area contributed by atoms with E-state index in [4.69, 9.17) is 5.73 Å². The molecule has 0 aliphatic rings. The van der Waals surface area contributed by atoms with Gasteiger partial charge in [0.05, 0.1) is 11.3 Å². The minimum atomic E-state index is -2.50. The first-order valence-corrected chi connectivity index (χ1v) is 6.75. The Kier molecular flexibility index (Phi) is 4.74. The molecule has 0 aromatic heterocycles.